The number of carbonyl (C=O) groups excluding carboxylic acids is 4. The maximum atomic E-state index is 13.2. The maximum absolute atomic E-state index is 13.2. The highest BCUT2D eigenvalue weighted by molar-refractivity contribution is 6.09. The number of imide groups is 1. The molecule has 0 radical (unpaired) electrons. The predicted molar refractivity (Wildman–Crippen MR) is 136 cm³/mol. The first kappa shape index (κ1) is 25.2. The number of piperidine rings is 1. The van der Waals surface area contributed by atoms with E-state index in [-0.39, 0.29) is 24.4 Å². The summed E-state index contributed by atoms with van der Waals surface area (Å²) in [5.74, 6) is -0.624. The number of likely N-dealkylation sites (tertiary alicyclic amines) is 1. The Morgan fingerprint density at radius 1 is 1.03 bits per heavy atom. The van der Waals surface area contributed by atoms with Crippen LogP contribution in [-0.4, -0.2) is 59.9 Å². The third-order valence-corrected chi connectivity index (χ3v) is 6.93. The quantitative estimate of drug-likeness (QED) is 0.539. The number of benzene rings is 2. The van der Waals surface area contributed by atoms with Gasteiger partial charge in [-0.25, -0.2) is 9.59 Å². The number of rotatable bonds is 6. The van der Waals surface area contributed by atoms with Crippen molar-refractivity contribution in [2.75, 3.05) is 31.5 Å². The molecule has 3 N–H and O–H groups in total. The monoisotopic (exact) mass is 491 g/mol. The van der Waals surface area contributed by atoms with Crippen molar-refractivity contribution in [2.24, 2.45) is 5.92 Å². The third kappa shape index (κ3) is 5.50. The Balaban J connectivity index is 1.30. The van der Waals surface area contributed by atoms with E-state index in [2.05, 4.69) is 16.0 Å². The van der Waals surface area contributed by atoms with Crippen molar-refractivity contribution in [1.29, 1.82) is 0 Å². The molecule has 2 aromatic carbocycles. The zero-order chi connectivity index (χ0) is 25.9. The van der Waals surface area contributed by atoms with Crippen molar-refractivity contribution in [3.05, 3.63) is 65.2 Å². The van der Waals surface area contributed by atoms with Crippen LogP contribution in [0.15, 0.2) is 48.5 Å². The molecule has 2 aliphatic rings. The van der Waals surface area contributed by atoms with E-state index in [1.807, 2.05) is 62.4 Å². The molecule has 0 aromatic heterocycles. The lowest BCUT2D eigenvalue weighted by Crippen LogP contribution is -2.49. The van der Waals surface area contributed by atoms with E-state index in [9.17, 15) is 19.2 Å². The molecule has 2 fully saturated rings. The topological polar surface area (TPSA) is 111 Å². The molecule has 0 bridgehead atoms. The molecule has 2 saturated heterocycles. The Hall–Kier alpha value is -3.88. The fraction of sp³-hybridized carbons (Fsp3) is 0.407. The van der Waals surface area contributed by atoms with E-state index < -0.39 is 17.5 Å². The summed E-state index contributed by atoms with van der Waals surface area (Å²) in [6.45, 7) is 6.73. The molecular weight excluding hydrogens is 458 g/mol. The normalized spacial score (nSPS) is 21.8. The molecule has 2 heterocycles. The minimum atomic E-state index is -1.20. The zero-order valence-corrected chi connectivity index (χ0v) is 21.0. The fourth-order valence-corrected chi connectivity index (χ4v) is 4.67. The second-order valence-electron chi connectivity index (χ2n) is 9.86. The smallest absolute Gasteiger partial charge is 0.325 e. The van der Waals surface area contributed by atoms with E-state index in [1.54, 1.807) is 11.8 Å². The van der Waals surface area contributed by atoms with E-state index in [1.165, 1.54) is 0 Å². The number of anilines is 1. The largest absolute Gasteiger partial charge is 0.341 e. The maximum Gasteiger partial charge on any atom is 0.325 e. The number of amides is 6. The van der Waals surface area contributed by atoms with Gasteiger partial charge in [0.05, 0.1) is 0 Å². The summed E-state index contributed by atoms with van der Waals surface area (Å²) in [5, 5.41) is 8.43. The van der Waals surface area contributed by atoms with Crippen molar-refractivity contribution < 1.29 is 19.2 Å². The second kappa shape index (κ2) is 10.4. The molecule has 0 saturated carbocycles. The van der Waals surface area contributed by atoms with Gasteiger partial charge in [-0.05, 0) is 57.2 Å². The van der Waals surface area contributed by atoms with Crippen LogP contribution in [0.1, 0.15) is 36.5 Å². The molecule has 6 amide bonds. The minimum absolute atomic E-state index is 0.0902. The molecule has 9 heteroatoms. The van der Waals surface area contributed by atoms with Gasteiger partial charge in [0.25, 0.3) is 5.91 Å². The molecule has 2 atom stereocenters. The first-order valence-corrected chi connectivity index (χ1v) is 12.3. The fourth-order valence-electron chi connectivity index (χ4n) is 4.67. The van der Waals surface area contributed by atoms with Crippen molar-refractivity contribution in [3.63, 3.8) is 0 Å². The lowest BCUT2D eigenvalue weighted by molar-refractivity contribution is -0.139. The number of hydrogen-bond acceptors (Lipinski definition) is 4. The number of nitrogens with one attached hydrogen (secondary N) is 3. The summed E-state index contributed by atoms with van der Waals surface area (Å²) in [7, 11) is 0. The third-order valence-electron chi connectivity index (χ3n) is 6.93. The number of nitrogens with zero attached hydrogens (tertiary/aromatic N) is 2. The summed E-state index contributed by atoms with van der Waals surface area (Å²) >= 11 is 0. The average molecular weight is 492 g/mol. The molecule has 190 valence electrons. The molecule has 36 heavy (non-hydrogen) atoms. The minimum Gasteiger partial charge on any atom is -0.341 e. The Kier molecular flexibility index (Phi) is 7.28. The highest BCUT2D eigenvalue weighted by Gasteiger charge is 2.49. The summed E-state index contributed by atoms with van der Waals surface area (Å²) in [5.41, 5.74) is 2.34. The van der Waals surface area contributed by atoms with Crippen LogP contribution in [0.4, 0.5) is 15.3 Å². The number of carbonyl (C=O) groups is 4. The Bertz CT molecular complexity index is 1150. The molecule has 0 spiro atoms. The van der Waals surface area contributed by atoms with Crippen LogP contribution in [0.5, 0.6) is 0 Å². The van der Waals surface area contributed by atoms with Gasteiger partial charge in [-0.1, -0.05) is 47.5 Å². The first-order chi connectivity index (χ1) is 17.2. The number of hydrogen-bond donors (Lipinski definition) is 3. The van der Waals surface area contributed by atoms with Crippen LogP contribution in [0.2, 0.25) is 0 Å². The van der Waals surface area contributed by atoms with Gasteiger partial charge in [0.2, 0.25) is 5.91 Å². The lowest BCUT2D eigenvalue weighted by atomic mass is 9.91. The molecule has 2 aliphatic heterocycles. The Morgan fingerprint density at radius 3 is 2.33 bits per heavy atom. The van der Waals surface area contributed by atoms with E-state index in [0.717, 1.165) is 28.9 Å². The van der Waals surface area contributed by atoms with Crippen LogP contribution in [0, 0.1) is 19.8 Å². The summed E-state index contributed by atoms with van der Waals surface area (Å²) in [6, 6.07) is 14.1. The predicted octanol–water partition coefficient (Wildman–Crippen LogP) is 3.13. The van der Waals surface area contributed by atoms with Gasteiger partial charge in [-0.2, -0.15) is 0 Å². The lowest BCUT2D eigenvalue weighted by Gasteiger charge is -2.33. The second-order valence-corrected chi connectivity index (χ2v) is 9.86. The average Bonchev–Trinajstić information content (AvgIpc) is 3.08. The van der Waals surface area contributed by atoms with Crippen LogP contribution < -0.4 is 16.0 Å². The Labute approximate surface area is 211 Å². The van der Waals surface area contributed by atoms with Crippen molar-refractivity contribution in [3.8, 4) is 0 Å². The highest BCUT2D eigenvalue weighted by Crippen LogP contribution is 2.29. The molecule has 2 unspecified atom stereocenters. The van der Waals surface area contributed by atoms with E-state index >= 15 is 0 Å². The SMILES string of the molecule is Cc1ccc(NC(=O)NCC2CCCN(C(=O)CN3C(=O)NC(C)(c4ccc(C)cc4)C3=O)C2)cc1. The van der Waals surface area contributed by atoms with Crippen LogP contribution in [0.25, 0.3) is 0 Å². The van der Waals surface area contributed by atoms with Gasteiger partial charge < -0.3 is 20.9 Å². The van der Waals surface area contributed by atoms with Crippen molar-refractivity contribution >= 4 is 29.6 Å². The summed E-state index contributed by atoms with van der Waals surface area (Å²) < 4.78 is 0. The van der Waals surface area contributed by atoms with Gasteiger partial charge in [0, 0.05) is 25.3 Å². The molecule has 9 nitrogen and oxygen atoms in total. The van der Waals surface area contributed by atoms with E-state index in [4.69, 9.17) is 0 Å². The molecule has 2 aromatic rings. The highest BCUT2D eigenvalue weighted by atomic mass is 16.2. The Morgan fingerprint density at radius 2 is 1.67 bits per heavy atom. The zero-order valence-electron chi connectivity index (χ0n) is 21.0. The van der Waals surface area contributed by atoms with Crippen molar-refractivity contribution in [1.82, 2.24) is 20.4 Å². The number of urea groups is 2. The first-order valence-electron chi connectivity index (χ1n) is 12.3. The molecule has 4 rings (SSSR count). The van der Waals surface area contributed by atoms with Crippen LogP contribution >= 0.6 is 0 Å². The van der Waals surface area contributed by atoms with Gasteiger partial charge in [0.15, 0.2) is 0 Å². The van der Waals surface area contributed by atoms with Gasteiger partial charge in [-0.3, -0.25) is 14.5 Å². The standard InChI is InChI=1S/C27H33N5O4/c1-18-6-10-21(11-7-18)27(3)24(34)32(26(36)30-27)17-23(33)31-14-4-5-20(16-31)15-28-25(35)29-22-12-8-19(2)9-13-22/h6-13,20H,4-5,14-17H2,1-3H3,(H,30,36)(H2,28,29,35). The van der Waals surface area contributed by atoms with E-state index in [0.29, 0.717) is 30.9 Å². The number of aryl methyl sites for hydroxylation is 2. The van der Waals surface area contributed by atoms with Gasteiger partial charge >= 0.3 is 12.1 Å². The molecular formula is C27H33N5O4. The van der Waals surface area contributed by atoms with Crippen molar-refractivity contribution in [2.45, 2.75) is 39.2 Å². The summed E-state index contributed by atoms with van der Waals surface area (Å²) in [4.78, 5) is 53.8. The van der Waals surface area contributed by atoms with Gasteiger partial charge in [-0.15, -0.1) is 0 Å². The molecule has 0 aliphatic carbocycles. The van der Waals surface area contributed by atoms with Crippen LogP contribution in [-0.2, 0) is 15.1 Å². The van der Waals surface area contributed by atoms with Crippen LogP contribution in [0.3, 0.4) is 0 Å². The summed E-state index contributed by atoms with van der Waals surface area (Å²) in [6.07, 6.45) is 1.67. The van der Waals surface area contributed by atoms with Gasteiger partial charge in [0.1, 0.15) is 12.1 Å².